The number of ether oxygens (including phenoxy) is 1. The Morgan fingerprint density at radius 2 is 2.07 bits per heavy atom. The third kappa shape index (κ3) is 4.28. The lowest BCUT2D eigenvalue weighted by molar-refractivity contribution is -0.138. The van der Waals surface area contributed by atoms with E-state index in [-0.39, 0.29) is 29.7 Å². The second-order valence-electron chi connectivity index (χ2n) is 6.96. The smallest absolute Gasteiger partial charge is 0.416 e. The number of alkyl halides is 3. The summed E-state index contributed by atoms with van der Waals surface area (Å²) < 4.78 is 45.6. The van der Waals surface area contributed by atoms with Gasteiger partial charge in [0.25, 0.3) is 5.91 Å². The van der Waals surface area contributed by atoms with E-state index in [1.165, 1.54) is 13.2 Å². The Bertz CT molecular complexity index is 771. The molecule has 0 radical (unpaired) electrons. The summed E-state index contributed by atoms with van der Waals surface area (Å²) in [6.45, 7) is 1.49. The minimum Gasteiger partial charge on any atom is -0.497 e. The number of likely N-dealkylation sites (N-methyl/N-ethyl adjacent to an activating group) is 1. The lowest BCUT2D eigenvalue weighted by Gasteiger charge is -2.35. The van der Waals surface area contributed by atoms with Gasteiger partial charge in [0.2, 0.25) is 0 Å². The minimum absolute atomic E-state index is 0.119. The monoisotopic (exact) mass is 380 g/mol. The molecular formula is C20H23F3N2O2. The Hall–Kier alpha value is -2.44. The van der Waals surface area contributed by atoms with Crippen LogP contribution in [0.15, 0.2) is 42.1 Å². The molecule has 1 amide bonds. The summed E-state index contributed by atoms with van der Waals surface area (Å²) in [5.41, 5.74) is 0.146. The van der Waals surface area contributed by atoms with Gasteiger partial charge in [0, 0.05) is 38.2 Å². The van der Waals surface area contributed by atoms with Crippen LogP contribution in [0, 0.1) is 0 Å². The number of benzene rings is 1. The molecular weight excluding hydrogens is 357 g/mol. The van der Waals surface area contributed by atoms with Crippen molar-refractivity contribution in [3.63, 3.8) is 0 Å². The molecule has 27 heavy (non-hydrogen) atoms. The van der Waals surface area contributed by atoms with Crippen LogP contribution in [0.3, 0.4) is 0 Å². The average molecular weight is 380 g/mol. The Morgan fingerprint density at radius 3 is 2.70 bits per heavy atom. The van der Waals surface area contributed by atoms with Crippen molar-refractivity contribution in [3.8, 4) is 5.75 Å². The van der Waals surface area contributed by atoms with Crippen molar-refractivity contribution < 1.29 is 22.7 Å². The van der Waals surface area contributed by atoms with Gasteiger partial charge >= 0.3 is 6.18 Å². The molecule has 0 N–H and O–H groups in total. The molecule has 1 fully saturated rings. The van der Waals surface area contributed by atoms with Crippen LogP contribution in [-0.2, 0) is 11.0 Å². The van der Waals surface area contributed by atoms with Gasteiger partial charge in [-0.3, -0.25) is 4.79 Å². The van der Waals surface area contributed by atoms with E-state index in [0.29, 0.717) is 31.5 Å². The average Bonchev–Trinajstić information content (AvgIpc) is 2.67. The number of hydrogen-bond donors (Lipinski definition) is 0. The first-order valence-corrected chi connectivity index (χ1v) is 8.92. The Kier molecular flexibility index (Phi) is 5.48. The van der Waals surface area contributed by atoms with Crippen molar-refractivity contribution in [2.24, 2.45) is 0 Å². The number of piperidine rings is 1. The van der Waals surface area contributed by atoms with Gasteiger partial charge in [-0.25, -0.2) is 0 Å². The second kappa shape index (κ2) is 7.66. The number of methoxy groups -OCH3 is 1. The predicted molar refractivity (Wildman–Crippen MR) is 96.4 cm³/mol. The fourth-order valence-corrected chi connectivity index (χ4v) is 3.60. The maximum absolute atomic E-state index is 13.5. The second-order valence-corrected chi connectivity index (χ2v) is 6.96. The molecule has 1 atom stereocenters. The van der Waals surface area contributed by atoms with E-state index in [1.54, 1.807) is 17.0 Å². The van der Waals surface area contributed by atoms with Crippen molar-refractivity contribution >= 4 is 5.91 Å². The van der Waals surface area contributed by atoms with Crippen LogP contribution in [-0.4, -0.2) is 49.5 Å². The van der Waals surface area contributed by atoms with E-state index in [9.17, 15) is 18.0 Å². The first-order chi connectivity index (χ1) is 12.8. The van der Waals surface area contributed by atoms with E-state index in [4.69, 9.17) is 4.74 Å². The largest absolute Gasteiger partial charge is 0.497 e. The summed E-state index contributed by atoms with van der Waals surface area (Å²) >= 11 is 0. The summed E-state index contributed by atoms with van der Waals surface area (Å²) in [6.07, 6.45) is 2.27. The number of rotatable bonds is 3. The van der Waals surface area contributed by atoms with Gasteiger partial charge in [0.05, 0.1) is 12.7 Å². The maximum atomic E-state index is 13.5. The molecule has 0 aromatic heterocycles. The van der Waals surface area contributed by atoms with Crippen molar-refractivity contribution in [3.05, 3.63) is 53.3 Å². The zero-order chi connectivity index (χ0) is 19.6. The van der Waals surface area contributed by atoms with Crippen LogP contribution in [0.4, 0.5) is 13.2 Å². The highest BCUT2D eigenvalue weighted by atomic mass is 19.4. The number of halogens is 3. The van der Waals surface area contributed by atoms with Gasteiger partial charge < -0.3 is 14.5 Å². The Labute approximate surface area is 156 Å². The molecule has 1 aromatic carbocycles. The molecule has 0 bridgehead atoms. The van der Waals surface area contributed by atoms with Gasteiger partial charge in [0.1, 0.15) is 5.75 Å². The molecule has 4 nitrogen and oxygen atoms in total. The lowest BCUT2D eigenvalue weighted by Crippen LogP contribution is -2.40. The summed E-state index contributed by atoms with van der Waals surface area (Å²) in [5.74, 6) is -0.288. The summed E-state index contributed by atoms with van der Waals surface area (Å²) in [5, 5.41) is 0. The third-order valence-corrected chi connectivity index (χ3v) is 5.07. The molecule has 3 rings (SSSR count). The van der Waals surface area contributed by atoms with Crippen molar-refractivity contribution in [1.29, 1.82) is 0 Å². The molecule has 0 saturated carbocycles. The van der Waals surface area contributed by atoms with Crippen molar-refractivity contribution in [2.75, 3.05) is 33.8 Å². The van der Waals surface area contributed by atoms with E-state index in [0.717, 1.165) is 6.07 Å². The number of likely N-dealkylation sites (tertiary alicyclic amines) is 1. The quantitative estimate of drug-likeness (QED) is 0.800. The summed E-state index contributed by atoms with van der Waals surface area (Å²) in [6, 6.07) is 4.07. The van der Waals surface area contributed by atoms with Gasteiger partial charge in [-0.1, -0.05) is 12.1 Å². The number of hydrogen-bond acceptors (Lipinski definition) is 3. The van der Waals surface area contributed by atoms with Gasteiger partial charge in [-0.2, -0.15) is 13.2 Å². The molecule has 2 aliphatic heterocycles. The number of amides is 1. The molecule has 2 aliphatic rings. The molecule has 2 heterocycles. The van der Waals surface area contributed by atoms with Gasteiger partial charge in [0.15, 0.2) is 0 Å². The molecule has 1 unspecified atom stereocenters. The van der Waals surface area contributed by atoms with Crippen LogP contribution in [0.25, 0.3) is 0 Å². The zero-order valence-electron chi connectivity index (χ0n) is 15.4. The van der Waals surface area contributed by atoms with E-state index in [2.05, 4.69) is 0 Å². The van der Waals surface area contributed by atoms with Crippen LogP contribution < -0.4 is 4.74 Å². The molecule has 0 spiro atoms. The Balaban J connectivity index is 1.82. The minimum atomic E-state index is -4.46. The SMILES string of the molecule is COc1ccc(C2CCCN(C(=O)C3=CCN(C)C=C3)C2)c(C(F)(F)F)c1. The zero-order valence-corrected chi connectivity index (χ0v) is 15.4. The first-order valence-electron chi connectivity index (χ1n) is 8.92. The highest BCUT2D eigenvalue weighted by Crippen LogP contribution is 2.40. The molecule has 1 saturated heterocycles. The standard InChI is InChI=1S/C20H23F3N2O2/c1-24-10-7-14(8-11-24)19(26)25-9-3-4-15(13-25)17-6-5-16(27-2)12-18(17)20(21,22)23/h5-8,10,12,15H,3-4,9,11,13H2,1-2H3. The van der Waals surface area contributed by atoms with E-state index < -0.39 is 11.7 Å². The van der Waals surface area contributed by atoms with Crippen LogP contribution in [0.5, 0.6) is 5.75 Å². The normalized spacial score (nSPS) is 20.5. The molecule has 146 valence electrons. The first kappa shape index (κ1) is 19.3. The Morgan fingerprint density at radius 1 is 1.30 bits per heavy atom. The number of carbonyl (C=O) groups is 1. The molecule has 1 aromatic rings. The van der Waals surface area contributed by atoms with Gasteiger partial charge in [-0.15, -0.1) is 0 Å². The van der Waals surface area contributed by atoms with Gasteiger partial charge in [-0.05, 0) is 42.8 Å². The van der Waals surface area contributed by atoms with Crippen LogP contribution in [0.2, 0.25) is 0 Å². The summed E-state index contributed by atoms with van der Waals surface area (Å²) in [4.78, 5) is 16.4. The van der Waals surface area contributed by atoms with E-state index >= 15 is 0 Å². The third-order valence-electron chi connectivity index (χ3n) is 5.07. The van der Waals surface area contributed by atoms with Crippen molar-refractivity contribution in [2.45, 2.75) is 24.9 Å². The topological polar surface area (TPSA) is 32.8 Å². The fourth-order valence-electron chi connectivity index (χ4n) is 3.60. The van der Waals surface area contributed by atoms with E-state index in [1.807, 2.05) is 24.2 Å². The molecule has 0 aliphatic carbocycles. The number of carbonyl (C=O) groups excluding carboxylic acids is 1. The summed E-state index contributed by atoms with van der Waals surface area (Å²) in [7, 11) is 3.26. The highest BCUT2D eigenvalue weighted by Gasteiger charge is 2.37. The van der Waals surface area contributed by atoms with Crippen LogP contribution >= 0.6 is 0 Å². The number of nitrogens with zero attached hydrogens (tertiary/aromatic N) is 2. The molecule has 7 heteroatoms. The fraction of sp³-hybridized carbons (Fsp3) is 0.450. The maximum Gasteiger partial charge on any atom is 0.416 e. The highest BCUT2D eigenvalue weighted by molar-refractivity contribution is 5.96. The predicted octanol–water partition coefficient (Wildman–Crippen LogP) is 3.81. The van der Waals surface area contributed by atoms with Crippen molar-refractivity contribution in [1.82, 2.24) is 9.80 Å². The lowest BCUT2D eigenvalue weighted by atomic mass is 9.87. The van der Waals surface area contributed by atoms with Crippen LogP contribution in [0.1, 0.15) is 29.9 Å².